The average molecular weight is 442 g/mol. The molecule has 1 atom stereocenters. The number of carbonyl (C=O) groups excluding carboxylic acids is 1. The maximum Gasteiger partial charge on any atom is 0.255 e. The number of hydrogen-bond donors (Lipinski definition) is 1. The van der Waals surface area contributed by atoms with E-state index in [0.29, 0.717) is 23.6 Å². The van der Waals surface area contributed by atoms with Crippen LogP contribution in [0.2, 0.25) is 0 Å². The molecule has 1 saturated heterocycles. The smallest absolute Gasteiger partial charge is 0.255 e. The van der Waals surface area contributed by atoms with Crippen LogP contribution in [0.25, 0.3) is 5.69 Å². The predicted molar refractivity (Wildman–Crippen MR) is 110 cm³/mol. The molecule has 1 unspecified atom stereocenters. The molecule has 144 valence electrons. The van der Waals surface area contributed by atoms with E-state index < -0.39 is 0 Å². The second-order valence-electron chi connectivity index (χ2n) is 6.58. The van der Waals surface area contributed by atoms with Crippen LogP contribution >= 0.6 is 15.9 Å². The third-order valence-electron chi connectivity index (χ3n) is 4.50. The lowest BCUT2D eigenvalue weighted by molar-refractivity contribution is 0.0680. The van der Waals surface area contributed by atoms with Gasteiger partial charge in [0.05, 0.1) is 22.5 Å². The molecule has 1 N–H and O–H groups in total. The fourth-order valence-corrected chi connectivity index (χ4v) is 3.32. The van der Waals surface area contributed by atoms with Crippen LogP contribution in [0.15, 0.2) is 65.4 Å². The van der Waals surface area contributed by atoms with Gasteiger partial charge >= 0.3 is 0 Å². The minimum Gasteiger partial charge on any atom is -0.491 e. The molecule has 1 amide bonds. The molecular formula is C21H20BrN3O3. The van der Waals surface area contributed by atoms with Crippen LogP contribution in [0.3, 0.4) is 0 Å². The van der Waals surface area contributed by atoms with Crippen molar-refractivity contribution < 1.29 is 14.3 Å². The third kappa shape index (κ3) is 4.61. The van der Waals surface area contributed by atoms with Gasteiger partial charge in [-0.25, -0.2) is 4.68 Å². The van der Waals surface area contributed by atoms with Gasteiger partial charge in [0.15, 0.2) is 0 Å². The van der Waals surface area contributed by atoms with Gasteiger partial charge in [0, 0.05) is 30.1 Å². The SMILES string of the molecule is O=C(Nc1cccc(OCC2CCCO2)c1)c1ccc(-n2cc(Br)cn2)cc1. The second-order valence-corrected chi connectivity index (χ2v) is 7.49. The van der Waals surface area contributed by atoms with Crippen molar-refractivity contribution in [1.82, 2.24) is 9.78 Å². The quantitative estimate of drug-likeness (QED) is 0.613. The van der Waals surface area contributed by atoms with E-state index in [1.54, 1.807) is 23.0 Å². The fraction of sp³-hybridized carbons (Fsp3) is 0.238. The zero-order chi connectivity index (χ0) is 19.3. The number of nitrogens with zero attached hydrogens (tertiary/aromatic N) is 2. The Labute approximate surface area is 171 Å². The molecule has 1 aliphatic heterocycles. The van der Waals surface area contributed by atoms with Crippen molar-refractivity contribution in [3.63, 3.8) is 0 Å². The predicted octanol–water partition coefficient (Wildman–Crippen LogP) is 4.44. The van der Waals surface area contributed by atoms with Crippen molar-refractivity contribution >= 4 is 27.5 Å². The first-order chi connectivity index (χ1) is 13.7. The maximum absolute atomic E-state index is 12.5. The van der Waals surface area contributed by atoms with Crippen LogP contribution in [0.1, 0.15) is 23.2 Å². The summed E-state index contributed by atoms with van der Waals surface area (Å²) in [5, 5.41) is 7.14. The Bertz CT molecular complexity index is 950. The monoisotopic (exact) mass is 441 g/mol. The van der Waals surface area contributed by atoms with Gasteiger partial charge in [0.1, 0.15) is 12.4 Å². The molecule has 1 aliphatic rings. The minimum atomic E-state index is -0.176. The van der Waals surface area contributed by atoms with Crippen LogP contribution < -0.4 is 10.1 Å². The fourth-order valence-electron chi connectivity index (χ4n) is 3.04. The molecule has 28 heavy (non-hydrogen) atoms. The number of amides is 1. The average Bonchev–Trinajstić information content (AvgIpc) is 3.38. The number of rotatable bonds is 6. The number of ether oxygens (including phenoxy) is 2. The van der Waals surface area contributed by atoms with Crippen molar-refractivity contribution in [3.8, 4) is 11.4 Å². The first-order valence-corrected chi connectivity index (χ1v) is 9.93. The zero-order valence-electron chi connectivity index (χ0n) is 15.2. The highest BCUT2D eigenvalue weighted by atomic mass is 79.9. The standard InChI is InChI=1S/C21H20BrN3O3/c22-16-12-23-25(13-16)18-8-6-15(7-9-18)21(26)24-17-3-1-4-19(11-17)28-14-20-5-2-10-27-20/h1,3-4,6-9,11-13,20H,2,5,10,14H2,(H,24,26). The molecule has 6 nitrogen and oxygen atoms in total. The highest BCUT2D eigenvalue weighted by molar-refractivity contribution is 9.10. The summed E-state index contributed by atoms with van der Waals surface area (Å²) in [6.07, 6.45) is 5.85. The Balaban J connectivity index is 1.38. The summed E-state index contributed by atoms with van der Waals surface area (Å²) in [4.78, 5) is 12.5. The van der Waals surface area contributed by atoms with E-state index in [4.69, 9.17) is 9.47 Å². The normalized spacial score (nSPS) is 16.1. The second kappa shape index (κ2) is 8.58. The number of carbonyl (C=O) groups is 1. The minimum absolute atomic E-state index is 0.159. The van der Waals surface area contributed by atoms with Gasteiger partial charge in [-0.3, -0.25) is 4.79 Å². The molecule has 0 aliphatic carbocycles. The van der Waals surface area contributed by atoms with Gasteiger partial charge in [0.25, 0.3) is 5.91 Å². The van der Waals surface area contributed by atoms with E-state index in [1.807, 2.05) is 42.6 Å². The number of halogens is 1. The Kier molecular flexibility index (Phi) is 5.73. The Morgan fingerprint density at radius 2 is 2.14 bits per heavy atom. The van der Waals surface area contributed by atoms with Gasteiger partial charge in [-0.05, 0) is 65.2 Å². The summed E-state index contributed by atoms with van der Waals surface area (Å²) >= 11 is 3.38. The Morgan fingerprint density at radius 1 is 1.29 bits per heavy atom. The molecule has 4 rings (SSSR count). The maximum atomic E-state index is 12.5. The number of hydrogen-bond acceptors (Lipinski definition) is 4. The van der Waals surface area contributed by atoms with Crippen LogP contribution in [0.5, 0.6) is 5.75 Å². The molecule has 2 aromatic carbocycles. The number of benzene rings is 2. The first kappa shape index (κ1) is 18.7. The molecule has 1 fully saturated rings. The summed E-state index contributed by atoms with van der Waals surface area (Å²) in [6, 6.07) is 14.7. The molecule has 2 heterocycles. The molecule has 1 aromatic heterocycles. The molecule has 0 radical (unpaired) electrons. The van der Waals surface area contributed by atoms with Crippen LogP contribution in [0, 0.1) is 0 Å². The molecule has 3 aromatic rings. The van der Waals surface area contributed by atoms with Gasteiger partial charge in [-0.1, -0.05) is 6.07 Å². The van der Waals surface area contributed by atoms with Crippen molar-refractivity contribution in [2.75, 3.05) is 18.5 Å². The summed E-state index contributed by atoms with van der Waals surface area (Å²) in [7, 11) is 0. The lowest BCUT2D eigenvalue weighted by Crippen LogP contribution is -2.16. The van der Waals surface area contributed by atoms with E-state index in [1.165, 1.54) is 0 Å². The van der Waals surface area contributed by atoms with E-state index in [2.05, 4.69) is 26.3 Å². The molecule has 0 bridgehead atoms. The van der Waals surface area contributed by atoms with Crippen molar-refractivity contribution in [2.24, 2.45) is 0 Å². The van der Waals surface area contributed by atoms with Gasteiger partial charge < -0.3 is 14.8 Å². The third-order valence-corrected chi connectivity index (χ3v) is 4.91. The number of aromatic nitrogens is 2. The number of nitrogens with one attached hydrogen (secondary N) is 1. The lowest BCUT2D eigenvalue weighted by atomic mass is 10.2. The molecule has 0 spiro atoms. The Hall–Kier alpha value is -2.64. The Morgan fingerprint density at radius 3 is 2.86 bits per heavy atom. The lowest BCUT2D eigenvalue weighted by Gasteiger charge is -2.12. The van der Waals surface area contributed by atoms with Gasteiger partial charge in [-0.2, -0.15) is 5.10 Å². The van der Waals surface area contributed by atoms with Crippen LogP contribution in [-0.2, 0) is 4.74 Å². The van der Waals surface area contributed by atoms with Crippen LogP contribution in [0.4, 0.5) is 5.69 Å². The summed E-state index contributed by atoms with van der Waals surface area (Å²) in [5.41, 5.74) is 2.14. The van der Waals surface area contributed by atoms with Crippen LogP contribution in [-0.4, -0.2) is 35.0 Å². The van der Waals surface area contributed by atoms with E-state index >= 15 is 0 Å². The highest BCUT2D eigenvalue weighted by Gasteiger charge is 2.16. The molecule has 7 heteroatoms. The van der Waals surface area contributed by atoms with Crippen molar-refractivity contribution in [3.05, 3.63) is 71.0 Å². The summed E-state index contributed by atoms with van der Waals surface area (Å²) < 4.78 is 14.0. The van der Waals surface area contributed by atoms with Crippen molar-refractivity contribution in [1.29, 1.82) is 0 Å². The van der Waals surface area contributed by atoms with E-state index in [9.17, 15) is 4.79 Å². The van der Waals surface area contributed by atoms with Crippen molar-refractivity contribution in [2.45, 2.75) is 18.9 Å². The summed E-state index contributed by atoms with van der Waals surface area (Å²) in [5.74, 6) is 0.539. The van der Waals surface area contributed by atoms with E-state index in [-0.39, 0.29) is 12.0 Å². The molecule has 0 saturated carbocycles. The van der Waals surface area contributed by atoms with Gasteiger partial charge in [-0.15, -0.1) is 0 Å². The largest absolute Gasteiger partial charge is 0.491 e. The first-order valence-electron chi connectivity index (χ1n) is 9.14. The number of anilines is 1. The van der Waals surface area contributed by atoms with Gasteiger partial charge in [0.2, 0.25) is 0 Å². The van der Waals surface area contributed by atoms with E-state index in [0.717, 1.165) is 29.6 Å². The zero-order valence-corrected chi connectivity index (χ0v) is 16.8. The topological polar surface area (TPSA) is 65.4 Å². The molecular weight excluding hydrogens is 422 g/mol. The highest BCUT2D eigenvalue weighted by Crippen LogP contribution is 2.21. The summed E-state index contributed by atoms with van der Waals surface area (Å²) in [6.45, 7) is 1.34.